The summed E-state index contributed by atoms with van der Waals surface area (Å²) in [6.07, 6.45) is -0.487. The Kier molecular flexibility index (Phi) is 4.58. The largest absolute Gasteiger partial charge is 0.354 e. The number of hydrogen-bond donors (Lipinski definition) is 1. The van der Waals surface area contributed by atoms with Gasteiger partial charge in [-0.2, -0.15) is 5.10 Å². The number of methoxy groups -OCH3 is 2. The number of H-pyrrole nitrogens is 1. The molecule has 1 unspecified atom stereocenters. The number of carbonyl (C=O) groups is 1. The van der Waals surface area contributed by atoms with Gasteiger partial charge >= 0.3 is 0 Å². The zero-order valence-corrected chi connectivity index (χ0v) is 15.3. The Morgan fingerprint density at radius 2 is 1.96 bits per heavy atom. The molecule has 4 rings (SSSR count). The molecule has 1 N–H and O–H groups in total. The van der Waals surface area contributed by atoms with Crippen molar-refractivity contribution in [1.82, 2.24) is 15.1 Å². The van der Waals surface area contributed by atoms with Crippen molar-refractivity contribution >= 4 is 17.2 Å². The first-order valence-electron chi connectivity index (χ1n) is 8.28. The molecule has 1 aliphatic heterocycles. The van der Waals surface area contributed by atoms with Crippen LogP contribution in [0, 0.1) is 0 Å². The lowest BCUT2D eigenvalue weighted by Crippen LogP contribution is -2.37. The first-order valence-corrected chi connectivity index (χ1v) is 9.16. The number of fused-ring (bicyclic) bond motifs is 1. The third-order valence-electron chi connectivity index (χ3n) is 4.60. The van der Waals surface area contributed by atoms with E-state index in [0.717, 1.165) is 21.7 Å². The maximum Gasteiger partial charge on any atom is 0.273 e. The molecule has 0 fully saturated rings. The Morgan fingerprint density at radius 1 is 1.19 bits per heavy atom. The van der Waals surface area contributed by atoms with Gasteiger partial charge in [0.05, 0.1) is 18.3 Å². The molecule has 0 bridgehead atoms. The highest BCUT2D eigenvalue weighted by atomic mass is 32.1. The molecule has 0 spiro atoms. The van der Waals surface area contributed by atoms with Crippen LogP contribution < -0.4 is 0 Å². The van der Waals surface area contributed by atoms with Gasteiger partial charge in [-0.1, -0.05) is 36.4 Å². The Morgan fingerprint density at radius 3 is 2.62 bits per heavy atom. The average Bonchev–Trinajstić information content (AvgIpc) is 3.39. The standard InChI is InChI=1S/C19H19N3O3S/c1-24-14(25-2)11-22-18(13-9-6-10-26-13)15-16(12-7-4-3-5-8-12)20-21-17(15)19(22)23/h3-10,14,18H,11H2,1-2H3,(H,20,21). The van der Waals surface area contributed by atoms with Gasteiger partial charge in [-0.3, -0.25) is 9.89 Å². The van der Waals surface area contributed by atoms with Crippen molar-refractivity contribution in [2.24, 2.45) is 0 Å². The fraction of sp³-hybridized carbons (Fsp3) is 0.263. The zero-order chi connectivity index (χ0) is 18.1. The second-order valence-electron chi connectivity index (χ2n) is 6.00. The third-order valence-corrected chi connectivity index (χ3v) is 5.52. The topological polar surface area (TPSA) is 67.5 Å². The van der Waals surface area contributed by atoms with Gasteiger partial charge in [0.25, 0.3) is 5.91 Å². The van der Waals surface area contributed by atoms with Gasteiger partial charge in [-0.25, -0.2) is 0 Å². The lowest BCUT2D eigenvalue weighted by Gasteiger charge is -2.28. The smallest absolute Gasteiger partial charge is 0.273 e. The molecule has 1 aliphatic rings. The van der Waals surface area contributed by atoms with Crippen molar-refractivity contribution in [3.8, 4) is 11.3 Å². The van der Waals surface area contributed by atoms with Crippen LogP contribution in [0.25, 0.3) is 11.3 Å². The summed E-state index contributed by atoms with van der Waals surface area (Å²) in [5.74, 6) is -0.0906. The molecule has 6 nitrogen and oxygen atoms in total. The highest BCUT2D eigenvalue weighted by Crippen LogP contribution is 2.44. The van der Waals surface area contributed by atoms with Crippen molar-refractivity contribution < 1.29 is 14.3 Å². The van der Waals surface area contributed by atoms with Crippen molar-refractivity contribution in [2.45, 2.75) is 12.3 Å². The second kappa shape index (κ2) is 7.03. The number of nitrogens with one attached hydrogen (secondary N) is 1. The molecule has 7 heteroatoms. The molecule has 0 radical (unpaired) electrons. The number of nitrogens with zero attached hydrogens (tertiary/aromatic N) is 2. The van der Waals surface area contributed by atoms with E-state index in [1.54, 1.807) is 30.5 Å². The minimum atomic E-state index is -0.487. The summed E-state index contributed by atoms with van der Waals surface area (Å²) >= 11 is 1.62. The molecule has 1 amide bonds. The minimum Gasteiger partial charge on any atom is -0.354 e. The van der Waals surface area contributed by atoms with Gasteiger partial charge in [0, 0.05) is 30.2 Å². The van der Waals surface area contributed by atoms with Gasteiger partial charge in [0.2, 0.25) is 0 Å². The number of carbonyl (C=O) groups excluding carboxylic acids is 1. The lowest BCUT2D eigenvalue weighted by molar-refractivity contribution is -0.113. The highest BCUT2D eigenvalue weighted by Gasteiger charge is 2.43. The molecule has 0 saturated carbocycles. The molecule has 3 heterocycles. The van der Waals surface area contributed by atoms with Crippen LogP contribution in [0.3, 0.4) is 0 Å². The fourth-order valence-corrected chi connectivity index (χ4v) is 4.19. The Hall–Kier alpha value is -2.48. The number of aromatic amines is 1. The van der Waals surface area contributed by atoms with Crippen LogP contribution in [-0.2, 0) is 9.47 Å². The number of hydrogen-bond acceptors (Lipinski definition) is 5. The lowest BCUT2D eigenvalue weighted by atomic mass is 10.0. The molecule has 2 aromatic heterocycles. The van der Waals surface area contributed by atoms with E-state index in [1.807, 2.05) is 47.8 Å². The van der Waals surface area contributed by atoms with Gasteiger partial charge in [0.1, 0.15) is 5.69 Å². The summed E-state index contributed by atoms with van der Waals surface area (Å²) in [5.41, 5.74) is 3.24. The summed E-state index contributed by atoms with van der Waals surface area (Å²) < 4.78 is 10.7. The normalized spacial score (nSPS) is 16.5. The van der Waals surface area contributed by atoms with Crippen LogP contribution >= 0.6 is 11.3 Å². The third kappa shape index (κ3) is 2.74. The van der Waals surface area contributed by atoms with Crippen LogP contribution in [0.4, 0.5) is 0 Å². The number of aromatic nitrogens is 2. The molecular formula is C19H19N3O3S. The summed E-state index contributed by atoms with van der Waals surface area (Å²) in [4.78, 5) is 15.9. The predicted molar refractivity (Wildman–Crippen MR) is 99.0 cm³/mol. The molecule has 1 aromatic carbocycles. The monoisotopic (exact) mass is 369 g/mol. The minimum absolute atomic E-state index is 0.0906. The van der Waals surface area contributed by atoms with Gasteiger partial charge in [-0.05, 0) is 11.4 Å². The maximum absolute atomic E-state index is 13.1. The molecule has 134 valence electrons. The fourth-order valence-electron chi connectivity index (χ4n) is 3.35. The van der Waals surface area contributed by atoms with Crippen molar-refractivity contribution in [2.75, 3.05) is 20.8 Å². The summed E-state index contributed by atoms with van der Waals surface area (Å²) in [6.45, 7) is 0.338. The Labute approximate surface area is 155 Å². The van der Waals surface area contributed by atoms with E-state index < -0.39 is 6.29 Å². The molecule has 0 aliphatic carbocycles. The number of amides is 1. The number of benzene rings is 1. The first kappa shape index (κ1) is 17.0. The highest BCUT2D eigenvalue weighted by molar-refractivity contribution is 7.10. The summed E-state index contributed by atoms with van der Waals surface area (Å²) in [7, 11) is 3.15. The molecule has 3 aromatic rings. The predicted octanol–water partition coefficient (Wildman–Crippen LogP) is 3.30. The van der Waals surface area contributed by atoms with Crippen molar-refractivity contribution in [3.63, 3.8) is 0 Å². The number of ether oxygens (including phenoxy) is 2. The number of thiophene rings is 1. The van der Waals surface area contributed by atoms with Gasteiger partial charge < -0.3 is 14.4 Å². The van der Waals surface area contributed by atoms with E-state index >= 15 is 0 Å². The second-order valence-corrected chi connectivity index (χ2v) is 6.98. The van der Waals surface area contributed by atoms with E-state index in [9.17, 15) is 4.79 Å². The molecule has 1 atom stereocenters. The van der Waals surface area contributed by atoms with Crippen LogP contribution in [0.2, 0.25) is 0 Å². The first-order chi connectivity index (χ1) is 12.7. The van der Waals surface area contributed by atoms with Crippen LogP contribution in [-0.4, -0.2) is 48.1 Å². The van der Waals surface area contributed by atoms with Crippen LogP contribution in [0.5, 0.6) is 0 Å². The molecule has 0 saturated heterocycles. The zero-order valence-electron chi connectivity index (χ0n) is 14.5. The summed E-state index contributed by atoms with van der Waals surface area (Å²) in [6, 6.07) is 13.7. The van der Waals surface area contributed by atoms with Crippen molar-refractivity contribution in [1.29, 1.82) is 0 Å². The van der Waals surface area contributed by atoms with Crippen LogP contribution in [0.15, 0.2) is 47.8 Å². The molecular weight excluding hydrogens is 350 g/mol. The Balaban J connectivity index is 1.82. The average molecular weight is 369 g/mol. The summed E-state index contributed by atoms with van der Waals surface area (Å²) in [5, 5.41) is 9.41. The van der Waals surface area contributed by atoms with Crippen LogP contribution in [0.1, 0.15) is 27.0 Å². The van der Waals surface area contributed by atoms with Gasteiger partial charge in [0.15, 0.2) is 6.29 Å². The van der Waals surface area contributed by atoms with E-state index in [2.05, 4.69) is 10.2 Å². The van der Waals surface area contributed by atoms with E-state index in [1.165, 1.54) is 0 Å². The van der Waals surface area contributed by atoms with E-state index in [4.69, 9.17) is 9.47 Å². The SMILES string of the molecule is COC(CN1C(=O)c2[nH]nc(-c3ccccc3)c2C1c1cccs1)OC. The maximum atomic E-state index is 13.1. The van der Waals surface area contributed by atoms with Crippen molar-refractivity contribution in [3.05, 3.63) is 64.0 Å². The van der Waals surface area contributed by atoms with Gasteiger partial charge in [-0.15, -0.1) is 11.3 Å². The Bertz CT molecular complexity index is 888. The van der Waals surface area contributed by atoms with E-state index in [0.29, 0.717) is 12.2 Å². The number of rotatable bonds is 6. The van der Waals surface area contributed by atoms with E-state index in [-0.39, 0.29) is 11.9 Å². The molecule has 26 heavy (non-hydrogen) atoms. The quantitative estimate of drug-likeness (QED) is 0.677.